The van der Waals surface area contributed by atoms with Crippen LogP contribution in [-0.4, -0.2) is 18.3 Å². The minimum atomic E-state index is 0.311. The lowest BCUT2D eigenvalue weighted by Crippen LogP contribution is -2.00. The minimum absolute atomic E-state index is 0.311. The lowest BCUT2D eigenvalue weighted by molar-refractivity contribution is 0.125. The lowest BCUT2D eigenvalue weighted by atomic mass is 9.94. The fraction of sp³-hybridized carbons (Fsp3) is 0.636. The molecule has 35 heavy (non-hydrogen) atoms. The van der Waals surface area contributed by atoms with Crippen LogP contribution in [0, 0.1) is 0 Å². The number of unbranched alkanes of at least 4 members (excludes halogenated alkanes) is 13. The highest BCUT2D eigenvalue weighted by molar-refractivity contribution is 5.64. The van der Waals surface area contributed by atoms with Crippen LogP contribution < -0.4 is 0 Å². The molecule has 0 bridgehead atoms. The Morgan fingerprint density at radius 1 is 0.571 bits per heavy atom. The van der Waals surface area contributed by atoms with Gasteiger partial charge in [0.15, 0.2) is 0 Å². The van der Waals surface area contributed by atoms with Crippen LogP contribution >= 0.6 is 0 Å². The molecule has 2 aromatic rings. The number of phenolic OH excluding ortho intramolecular Hbond substituents is 1. The van der Waals surface area contributed by atoms with Crippen LogP contribution in [0.3, 0.4) is 0 Å². The third-order valence-electron chi connectivity index (χ3n) is 7.25. The Labute approximate surface area is 216 Å². The maximum Gasteiger partial charge on any atom is 0.115 e. The first-order chi connectivity index (χ1) is 17.2. The largest absolute Gasteiger partial charge is 0.508 e. The number of aromatic hydroxyl groups is 1. The summed E-state index contributed by atoms with van der Waals surface area (Å²) >= 11 is 0. The molecular weight excluding hydrogens is 428 g/mol. The van der Waals surface area contributed by atoms with Crippen LogP contribution in [0.2, 0.25) is 0 Å². The molecule has 2 rings (SSSR count). The molecule has 0 heterocycles. The molecule has 0 saturated heterocycles. The standard InChI is InChI=1S/C33H52O2/c1-3-4-5-6-7-8-9-10-11-12-13-14-15-16-27-35-28-17-18-29(2)30-19-21-31(22-20-30)32-23-25-33(34)26-24-32/h19-26,29,34H,3-18,27-28H2,1-2H3. The van der Waals surface area contributed by atoms with Gasteiger partial charge in [0.2, 0.25) is 0 Å². The number of rotatable bonds is 21. The van der Waals surface area contributed by atoms with E-state index in [1.54, 1.807) is 12.1 Å². The van der Waals surface area contributed by atoms with Crippen molar-refractivity contribution in [2.24, 2.45) is 0 Å². The smallest absolute Gasteiger partial charge is 0.115 e. The van der Waals surface area contributed by atoms with Gasteiger partial charge in [0, 0.05) is 13.2 Å². The van der Waals surface area contributed by atoms with Gasteiger partial charge >= 0.3 is 0 Å². The average molecular weight is 481 g/mol. The summed E-state index contributed by atoms with van der Waals surface area (Å²) in [5, 5.41) is 9.46. The molecule has 196 valence electrons. The van der Waals surface area contributed by atoms with Crippen molar-refractivity contribution in [2.45, 2.75) is 122 Å². The Bertz CT molecular complexity index is 735. The Morgan fingerprint density at radius 3 is 1.51 bits per heavy atom. The van der Waals surface area contributed by atoms with Crippen LogP contribution in [0.5, 0.6) is 5.75 Å². The Hall–Kier alpha value is -1.80. The average Bonchev–Trinajstić information content (AvgIpc) is 2.88. The van der Waals surface area contributed by atoms with Crippen molar-refractivity contribution in [2.75, 3.05) is 13.2 Å². The molecule has 0 saturated carbocycles. The zero-order valence-corrected chi connectivity index (χ0v) is 22.8. The number of hydrogen-bond acceptors (Lipinski definition) is 2. The third-order valence-corrected chi connectivity index (χ3v) is 7.25. The predicted molar refractivity (Wildman–Crippen MR) is 152 cm³/mol. The van der Waals surface area contributed by atoms with Crippen molar-refractivity contribution in [1.82, 2.24) is 0 Å². The molecular formula is C33H52O2. The highest BCUT2D eigenvalue weighted by Gasteiger charge is 2.06. The van der Waals surface area contributed by atoms with Gasteiger partial charge in [-0.2, -0.15) is 0 Å². The first kappa shape index (κ1) is 29.4. The molecule has 0 spiro atoms. The van der Waals surface area contributed by atoms with Crippen molar-refractivity contribution in [3.63, 3.8) is 0 Å². The van der Waals surface area contributed by atoms with Crippen molar-refractivity contribution in [3.8, 4) is 16.9 Å². The molecule has 0 aromatic heterocycles. The highest BCUT2D eigenvalue weighted by atomic mass is 16.5. The monoisotopic (exact) mass is 480 g/mol. The molecule has 0 aliphatic rings. The molecule has 0 fully saturated rings. The summed E-state index contributed by atoms with van der Waals surface area (Å²) in [6.07, 6.45) is 21.9. The SMILES string of the molecule is CCCCCCCCCCCCCCCCOCCCC(C)c1ccc(-c2ccc(O)cc2)cc1. The summed E-state index contributed by atoms with van der Waals surface area (Å²) in [4.78, 5) is 0. The second-order valence-corrected chi connectivity index (χ2v) is 10.4. The molecule has 0 aliphatic heterocycles. The quantitative estimate of drug-likeness (QED) is 0.180. The van der Waals surface area contributed by atoms with E-state index in [1.165, 1.54) is 101 Å². The van der Waals surface area contributed by atoms with E-state index < -0.39 is 0 Å². The van der Waals surface area contributed by atoms with Gasteiger partial charge < -0.3 is 9.84 Å². The van der Waals surface area contributed by atoms with Gasteiger partial charge in [-0.3, -0.25) is 0 Å². The van der Waals surface area contributed by atoms with Gasteiger partial charge in [-0.1, -0.05) is 134 Å². The van der Waals surface area contributed by atoms with Crippen LogP contribution in [0.25, 0.3) is 11.1 Å². The Morgan fingerprint density at radius 2 is 1.00 bits per heavy atom. The van der Waals surface area contributed by atoms with E-state index >= 15 is 0 Å². The van der Waals surface area contributed by atoms with E-state index in [-0.39, 0.29) is 0 Å². The molecule has 1 N–H and O–H groups in total. The molecule has 0 amide bonds. The molecule has 0 aliphatic carbocycles. The molecule has 1 unspecified atom stereocenters. The maximum atomic E-state index is 9.46. The second-order valence-electron chi connectivity index (χ2n) is 10.4. The van der Waals surface area contributed by atoms with Crippen molar-refractivity contribution in [1.29, 1.82) is 0 Å². The molecule has 1 atom stereocenters. The van der Waals surface area contributed by atoms with E-state index in [0.717, 1.165) is 31.6 Å². The van der Waals surface area contributed by atoms with Gasteiger partial charge in [0.25, 0.3) is 0 Å². The summed E-state index contributed by atoms with van der Waals surface area (Å²) in [6, 6.07) is 16.3. The minimum Gasteiger partial charge on any atom is -0.508 e. The van der Waals surface area contributed by atoms with Gasteiger partial charge in [-0.05, 0) is 54.0 Å². The summed E-state index contributed by atoms with van der Waals surface area (Å²) in [5.74, 6) is 0.860. The van der Waals surface area contributed by atoms with Gasteiger partial charge in [0.05, 0.1) is 0 Å². The van der Waals surface area contributed by atoms with E-state index in [4.69, 9.17) is 4.74 Å². The van der Waals surface area contributed by atoms with Gasteiger partial charge in [0.1, 0.15) is 5.75 Å². The van der Waals surface area contributed by atoms with Crippen molar-refractivity contribution in [3.05, 3.63) is 54.1 Å². The first-order valence-electron chi connectivity index (χ1n) is 14.7. The predicted octanol–water partition coefficient (Wildman–Crippen LogP) is 10.4. The summed E-state index contributed by atoms with van der Waals surface area (Å²) in [7, 11) is 0. The van der Waals surface area contributed by atoms with E-state index in [2.05, 4.69) is 38.1 Å². The molecule has 2 nitrogen and oxygen atoms in total. The normalized spacial score (nSPS) is 12.2. The highest BCUT2D eigenvalue weighted by Crippen LogP contribution is 2.26. The molecule has 0 radical (unpaired) electrons. The summed E-state index contributed by atoms with van der Waals surface area (Å²) in [6.45, 7) is 6.41. The number of hydrogen-bond donors (Lipinski definition) is 1. The van der Waals surface area contributed by atoms with E-state index in [1.807, 2.05) is 12.1 Å². The van der Waals surface area contributed by atoms with Gasteiger partial charge in [-0.25, -0.2) is 0 Å². The Balaban J connectivity index is 1.38. The zero-order chi connectivity index (χ0) is 25.0. The fourth-order valence-corrected chi connectivity index (χ4v) is 4.82. The van der Waals surface area contributed by atoms with E-state index in [9.17, 15) is 5.11 Å². The lowest BCUT2D eigenvalue weighted by Gasteiger charge is -2.13. The first-order valence-corrected chi connectivity index (χ1v) is 14.7. The van der Waals surface area contributed by atoms with Crippen molar-refractivity contribution < 1.29 is 9.84 Å². The Kier molecular flexibility index (Phi) is 16.3. The van der Waals surface area contributed by atoms with E-state index in [0.29, 0.717) is 11.7 Å². The van der Waals surface area contributed by atoms with Crippen LogP contribution in [0.4, 0.5) is 0 Å². The fourth-order valence-electron chi connectivity index (χ4n) is 4.82. The summed E-state index contributed by atoms with van der Waals surface area (Å²) < 4.78 is 5.89. The summed E-state index contributed by atoms with van der Waals surface area (Å²) in [5.41, 5.74) is 3.72. The van der Waals surface area contributed by atoms with Gasteiger partial charge in [-0.15, -0.1) is 0 Å². The number of ether oxygens (including phenoxy) is 1. The zero-order valence-electron chi connectivity index (χ0n) is 22.8. The van der Waals surface area contributed by atoms with Crippen molar-refractivity contribution >= 4 is 0 Å². The maximum absolute atomic E-state index is 9.46. The number of benzene rings is 2. The van der Waals surface area contributed by atoms with Crippen LogP contribution in [0.15, 0.2) is 48.5 Å². The third kappa shape index (κ3) is 13.8. The second kappa shape index (κ2) is 19.4. The molecule has 2 aromatic carbocycles. The molecule has 2 heteroatoms. The number of phenols is 1. The van der Waals surface area contributed by atoms with Crippen LogP contribution in [-0.2, 0) is 4.74 Å². The topological polar surface area (TPSA) is 29.5 Å². The van der Waals surface area contributed by atoms with Crippen LogP contribution in [0.1, 0.15) is 128 Å².